The van der Waals surface area contributed by atoms with E-state index >= 15 is 0 Å². The van der Waals surface area contributed by atoms with E-state index < -0.39 is 0 Å². The van der Waals surface area contributed by atoms with Crippen molar-refractivity contribution >= 4 is 17.0 Å². The van der Waals surface area contributed by atoms with Crippen molar-refractivity contribution in [3.05, 3.63) is 12.7 Å². The Bertz CT molecular complexity index is 596. The summed E-state index contributed by atoms with van der Waals surface area (Å²) < 4.78 is 12.4. The minimum absolute atomic E-state index is 0.240. The molecule has 2 N–H and O–H groups in total. The SMILES string of the molecule is C=CCCOc1nc(N)c2nc(OC)n(CC)c2n1.CC.CC. The van der Waals surface area contributed by atoms with Crippen LogP contribution in [0.1, 0.15) is 41.0 Å². The fraction of sp³-hybridized carbons (Fsp3) is 0.562. The standard InChI is InChI=1S/C12H17N5O2.2C2H6/c1-4-6-7-19-11-15-9(13)8-10(16-11)17(5-2)12(14-8)18-3;2*1-2/h4H,1,5-7H2,2-3H3,(H2,13,15,16);2*1-2H3. The number of aromatic nitrogens is 4. The van der Waals surface area contributed by atoms with Gasteiger partial charge in [0.1, 0.15) is 0 Å². The van der Waals surface area contributed by atoms with Crippen molar-refractivity contribution in [2.24, 2.45) is 0 Å². The highest BCUT2D eigenvalue weighted by molar-refractivity contribution is 5.83. The van der Waals surface area contributed by atoms with Gasteiger partial charge in [-0.2, -0.15) is 15.0 Å². The minimum atomic E-state index is 0.240. The Balaban J connectivity index is 0.00000112. The van der Waals surface area contributed by atoms with Gasteiger partial charge in [-0.15, -0.1) is 6.58 Å². The summed E-state index contributed by atoms with van der Waals surface area (Å²) in [5, 5.41) is 0. The number of hydrogen-bond acceptors (Lipinski definition) is 6. The third kappa shape index (κ3) is 5.12. The molecule has 0 aliphatic rings. The van der Waals surface area contributed by atoms with Crippen LogP contribution in [0, 0.1) is 0 Å². The summed E-state index contributed by atoms with van der Waals surface area (Å²) in [7, 11) is 1.55. The van der Waals surface area contributed by atoms with Crippen molar-refractivity contribution in [2.45, 2.75) is 47.6 Å². The number of rotatable bonds is 6. The molecule has 0 fully saturated rings. The lowest BCUT2D eigenvalue weighted by molar-refractivity contribution is 0.300. The van der Waals surface area contributed by atoms with Crippen LogP contribution in [0.4, 0.5) is 5.82 Å². The van der Waals surface area contributed by atoms with Crippen LogP contribution in [0.2, 0.25) is 0 Å². The van der Waals surface area contributed by atoms with Crippen molar-refractivity contribution in [1.29, 1.82) is 0 Å². The van der Waals surface area contributed by atoms with Crippen LogP contribution < -0.4 is 15.2 Å². The average molecular weight is 323 g/mol. The summed E-state index contributed by atoms with van der Waals surface area (Å²) in [6.07, 6.45) is 2.48. The Morgan fingerprint density at radius 1 is 1.17 bits per heavy atom. The van der Waals surface area contributed by atoms with E-state index in [4.69, 9.17) is 15.2 Å². The number of nitrogens with two attached hydrogens (primary N) is 1. The van der Waals surface area contributed by atoms with Gasteiger partial charge in [0.05, 0.1) is 13.7 Å². The summed E-state index contributed by atoms with van der Waals surface area (Å²) in [4.78, 5) is 12.7. The highest BCUT2D eigenvalue weighted by atomic mass is 16.5. The van der Waals surface area contributed by atoms with Crippen LogP contribution in [-0.4, -0.2) is 33.2 Å². The van der Waals surface area contributed by atoms with Crippen LogP contribution in [0.15, 0.2) is 12.7 Å². The first-order chi connectivity index (χ1) is 11.2. The molecule has 0 aliphatic heterocycles. The van der Waals surface area contributed by atoms with E-state index in [-0.39, 0.29) is 11.8 Å². The molecule has 2 aromatic heterocycles. The lowest BCUT2D eigenvalue weighted by Gasteiger charge is -2.05. The van der Waals surface area contributed by atoms with Gasteiger partial charge in [-0.05, 0) is 13.3 Å². The zero-order valence-electron chi connectivity index (χ0n) is 15.1. The minimum Gasteiger partial charge on any atom is -0.468 e. The molecule has 0 aliphatic carbocycles. The maximum atomic E-state index is 5.87. The molecule has 0 saturated heterocycles. The van der Waals surface area contributed by atoms with Gasteiger partial charge < -0.3 is 15.2 Å². The zero-order valence-corrected chi connectivity index (χ0v) is 15.1. The fourth-order valence-corrected chi connectivity index (χ4v) is 1.72. The summed E-state index contributed by atoms with van der Waals surface area (Å²) in [6, 6.07) is 0.700. The van der Waals surface area contributed by atoms with Crippen LogP contribution in [0.3, 0.4) is 0 Å². The van der Waals surface area contributed by atoms with E-state index in [0.29, 0.717) is 30.3 Å². The topological polar surface area (TPSA) is 88.1 Å². The van der Waals surface area contributed by atoms with E-state index in [2.05, 4.69) is 21.5 Å². The zero-order chi connectivity index (χ0) is 17.8. The number of imidazole rings is 1. The van der Waals surface area contributed by atoms with Crippen LogP contribution in [-0.2, 0) is 6.54 Å². The third-order valence-corrected chi connectivity index (χ3v) is 2.62. The Hall–Kier alpha value is -2.31. The predicted molar refractivity (Wildman–Crippen MR) is 95.0 cm³/mol. The Labute approximate surface area is 138 Å². The van der Waals surface area contributed by atoms with E-state index in [1.54, 1.807) is 13.2 Å². The van der Waals surface area contributed by atoms with E-state index in [1.165, 1.54) is 0 Å². The highest BCUT2D eigenvalue weighted by Gasteiger charge is 2.16. The Kier molecular flexibility index (Phi) is 10.1. The van der Waals surface area contributed by atoms with Gasteiger partial charge >= 0.3 is 6.01 Å². The molecule has 23 heavy (non-hydrogen) atoms. The molecular weight excluding hydrogens is 294 g/mol. The van der Waals surface area contributed by atoms with Crippen LogP contribution in [0.5, 0.6) is 12.0 Å². The van der Waals surface area contributed by atoms with E-state index in [1.807, 2.05) is 39.2 Å². The van der Waals surface area contributed by atoms with Crippen LogP contribution >= 0.6 is 0 Å². The lowest BCUT2D eigenvalue weighted by Crippen LogP contribution is -2.05. The second kappa shape index (κ2) is 11.3. The molecule has 0 aromatic carbocycles. The fourth-order valence-electron chi connectivity index (χ4n) is 1.72. The maximum Gasteiger partial charge on any atom is 0.320 e. The average Bonchev–Trinajstić information content (AvgIpc) is 2.97. The van der Waals surface area contributed by atoms with Gasteiger partial charge in [0.15, 0.2) is 17.0 Å². The largest absolute Gasteiger partial charge is 0.468 e. The molecule has 0 saturated carbocycles. The summed E-state index contributed by atoms with van der Waals surface area (Å²) >= 11 is 0. The molecule has 7 nitrogen and oxygen atoms in total. The summed E-state index contributed by atoms with van der Waals surface area (Å²) in [5.41, 5.74) is 7.00. The number of hydrogen-bond donors (Lipinski definition) is 1. The van der Waals surface area contributed by atoms with Crippen molar-refractivity contribution in [1.82, 2.24) is 19.5 Å². The Morgan fingerprint density at radius 2 is 1.83 bits per heavy atom. The first-order valence-electron chi connectivity index (χ1n) is 8.02. The second-order valence-corrected chi connectivity index (χ2v) is 3.83. The molecule has 0 bridgehead atoms. The van der Waals surface area contributed by atoms with Crippen molar-refractivity contribution in [3.63, 3.8) is 0 Å². The Morgan fingerprint density at radius 3 is 2.35 bits per heavy atom. The number of fused-ring (bicyclic) bond motifs is 1. The highest BCUT2D eigenvalue weighted by Crippen LogP contribution is 2.25. The molecule has 7 heteroatoms. The number of aryl methyl sites for hydroxylation is 1. The van der Waals surface area contributed by atoms with Gasteiger partial charge in [0, 0.05) is 6.54 Å². The van der Waals surface area contributed by atoms with Crippen molar-refractivity contribution in [3.8, 4) is 12.0 Å². The van der Waals surface area contributed by atoms with Gasteiger partial charge in [-0.25, -0.2) is 0 Å². The van der Waals surface area contributed by atoms with Crippen molar-refractivity contribution in [2.75, 3.05) is 19.5 Å². The number of nitrogen functional groups attached to an aromatic ring is 1. The molecule has 2 heterocycles. The van der Waals surface area contributed by atoms with Crippen LogP contribution in [0.25, 0.3) is 11.2 Å². The molecule has 0 atom stereocenters. The number of ether oxygens (including phenoxy) is 2. The van der Waals surface area contributed by atoms with Gasteiger partial charge in [-0.3, -0.25) is 4.57 Å². The molecule has 2 rings (SSSR count). The number of nitrogens with zero attached hydrogens (tertiary/aromatic N) is 4. The molecule has 0 amide bonds. The molecule has 2 aromatic rings. The number of methoxy groups -OCH3 is 1. The van der Waals surface area contributed by atoms with Gasteiger partial charge in [-0.1, -0.05) is 33.8 Å². The van der Waals surface area contributed by atoms with E-state index in [0.717, 1.165) is 6.42 Å². The molecule has 0 unspecified atom stereocenters. The summed E-state index contributed by atoms with van der Waals surface area (Å²) in [5.74, 6) is 0.282. The van der Waals surface area contributed by atoms with E-state index in [9.17, 15) is 0 Å². The van der Waals surface area contributed by atoms with Crippen molar-refractivity contribution < 1.29 is 9.47 Å². The quantitative estimate of drug-likeness (QED) is 0.647. The molecule has 130 valence electrons. The molecule has 0 radical (unpaired) electrons. The smallest absolute Gasteiger partial charge is 0.320 e. The first-order valence-corrected chi connectivity index (χ1v) is 8.02. The second-order valence-electron chi connectivity index (χ2n) is 3.83. The predicted octanol–water partition coefficient (Wildman–Crippen LogP) is 3.44. The maximum absolute atomic E-state index is 5.87. The molecular formula is C16H29N5O2. The monoisotopic (exact) mass is 323 g/mol. The number of anilines is 1. The lowest BCUT2D eigenvalue weighted by atomic mass is 10.4. The third-order valence-electron chi connectivity index (χ3n) is 2.62. The van der Waals surface area contributed by atoms with Gasteiger partial charge in [0.25, 0.3) is 6.01 Å². The first kappa shape index (κ1) is 20.7. The van der Waals surface area contributed by atoms with Gasteiger partial charge in [0.2, 0.25) is 0 Å². The summed E-state index contributed by atoms with van der Waals surface area (Å²) in [6.45, 7) is 14.7. The molecule has 0 spiro atoms. The normalized spacial score (nSPS) is 9.30.